The number of hydrogen-bond donors (Lipinski definition) is 1. The maximum absolute atomic E-state index is 12.1. The highest BCUT2D eigenvalue weighted by Gasteiger charge is 2.37. The molecule has 2 amide bonds. The maximum atomic E-state index is 12.1. The van der Waals surface area contributed by atoms with Gasteiger partial charge in [0.25, 0.3) is 11.8 Å². The summed E-state index contributed by atoms with van der Waals surface area (Å²) in [5.74, 6) is -0.529. The third-order valence-corrected chi connectivity index (χ3v) is 5.70. The summed E-state index contributed by atoms with van der Waals surface area (Å²) in [6.07, 6.45) is 1.77. The zero-order valence-electron chi connectivity index (χ0n) is 17.5. The third kappa shape index (κ3) is 4.16. The summed E-state index contributed by atoms with van der Waals surface area (Å²) in [7, 11) is 1.59. The number of carbonyl (C=O) groups excluding carboxylic acids is 3. The van der Waals surface area contributed by atoms with Crippen molar-refractivity contribution in [3.05, 3.63) is 17.7 Å². The zero-order chi connectivity index (χ0) is 21.3. The topological polar surface area (TPSA) is 102 Å². The number of hydrogen-bond acceptors (Lipinski definition) is 7. The van der Waals surface area contributed by atoms with Crippen molar-refractivity contribution in [1.29, 1.82) is 0 Å². The molecule has 0 aromatic heterocycles. The van der Waals surface area contributed by atoms with Gasteiger partial charge >= 0.3 is 5.97 Å². The predicted molar refractivity (Wildman–Crippen MR) is 108 cm³/mol. The Labute approximate surface area is 170 Å². The highest BCUT2D eigenvalue weighted by atomic mass is 16.7. The first-order valence-electron chi connectivity index (χ1n) is 9.95. The Morgan fingerprint density at radius 2 is 1.90 bits per heavy atom. The van der Waals surface area contributed by atoms with E-state index in [9.17, 15) is 14.4 Å². The first-order chi connectivity index (χ1) is 13.6. The fourth-order valence-electron chi connectivity index (χ4n) is 4.31. The minimum atomic E-state index is -0.577. The molecular formula is C21H29N3O5. The number of fused-ring (bicyclic) bond motifs is 1. The van der Waals surface area contributed by atoms with Gasteiger partial charge in [0.15, 0.2) is 0 Å². The van der Waals surface area contributed by atoms with Gasteiger partial charge in [0.1, 0.15) is 5.75 Å². The molecule has 0 spiro atoms. The number of nitrogens with two attached hydrogens (primary N) is 1. The summed E-state index contributed by atoms with van der Waals surface area (Å²) in [6.45, 7) is 7.16. The average Bonchev–Trinajstić information content (AvgIpc) is 2.96. The van der Waals surface area contributed by atoms with E-state index in [4.69, 9.17) is 15.3 Å². The van der Waals surface area contributed by atoms with Crippen LogP contribution in [0.15, 0.2) is 12.1 Å². The van der Waals surface area contributed by atoms with Crippen molar-refractivity contribution in [3.63, 3.8) is 0 Å². The molecule has 2 aliphatic rings. The Hall–Kier alpha value is -2.77. The minimum absolute atomic E-state index is 0.0913. The molecule has 1 atom stereocenters. The molecule has 0 bridgehead atoms. The van der Waals surface area contributed by atoms with Crippen molar-refractivity contribution in [2.75, 3.05) is 24.3 Å². The number of carbonyl (C=O) groups is 3. The number of methoxy groups -OCH3 is 1. The fraction of sp³-hybridized carbons (Fsp3) is 0.571. The van der Waals surface area contributed by atoms with Crippen molar-refractivity contribution in [3.8, 4) is 5.75 Å². The van der Waals surface area contributed by atoms with E-state index < -0.39 is 17.8 Å². The molecule has 8 heteroatoms. The highest BCUT2D eigenvalue weighted by Crippen LogP contribution is 2.46. The van der Waals surface area contributed by atoms with Gasteiger partial charge in [-0.15, -0.1) is 5.06 Å². The average molecular weight is 403 g/mol. The summed E-state index contributed by atoms with van der Waals surface area (Å²) >= 11 is 0. The van der Waals surface area contributed by atoms with E-state index in [1.54, 1.807) is 7.11 Å². The van der Waals surface area contributed by atoms with Gasteiger partial charge in [0, 0.05) is 43.1 Å². The van der Waals surface area contributed by atoms with Crippen molar-refractivity contribution in [2.24, 2.45) is 0 Å². The Balaban J connectivity index is 1.70. The van der Waals surface area contributed by atoms with E-state index in [0.717, 1.165) is 12.1 Å². The first kappa shape index (κ1) is 21.0. The van der Waals surface area contributed by atoms with Crippen LogP contribution in [0.2, 0.25) is 0 Å². The lowest BCUT2D eigenvalue weighted by molar-refractivity contribution is -0.197. The van der Waals surface area contributed by atoms with Crippen LogP contribution in [0.3, 0.4) is 0 Å². The number of rotatable bonds is 6. The molecule has 3 rings (SSSR count). The number of benzene rings is 1. The normalized spacial score (nSPS) is 20.6. The molecule has 2 N–H and O–H groups in total. The Kier molecular flexibility index (Phi) is 5.73. The van der Waals surface area contributed by atoms with Gasteiger partial charge < -0.3 is 20.2 Å². The van der Waals surface area contributed by atoms with E-state index in [1.165, 1.54) is 5.56 Å². The lowest BCUT2D eigenvalue weighted by Gasteiger charge is -2.48. The molecule has 29 heavy (non-hydrogen) atoms. The molecule has 0 saturated carbocycles. The van der Waals surface area contributed by atoms with Crippen molar-refractivity contribution in [2.45, 2.75) is 64.3 Å². The number of anilines is 2. The number of hydroxylamine groups is 2. The van der Waals surface area contributed by atoms with Gasteiger partial charge in [-0.05, 0) is 44.2 Å². The predicted octanol–water partition coefficient (Wildman–Crippen LogP) is 2.76. The fourth-order valence-corrected chi connectivity index (χ4v) is 4.31. The van der Waals surface area contributed by atoms with Crippen LogP contribution >= 0.6 is 0 Å². The van der Waals surface area contributed by atoms with Crippen LogP contribution in [0, 0.1) is 0 Å². The summed E-state index contributed by atoms with van der Waals surface area (Å²) in [5.41, 5.74) is 8.82. The number of nitrogens with zero attached hydrogens (tertiary/aromatic N) is 2. The smallest absolute Gasteiger partial charge is 0.333 e. The molecule has 2 heterocycles. The first-order valence-corrected chi connectivity index (χ1v) is 9.95. The summed E-state index contributed by atoms with van der Waals surface area (Å²) in [6, 6.07) is 3.93. The molecule has 2 aliphatic heterocycles. The van der Waals surface area contributed by atoms with Crippen LogP contribution in [-0.4, -0.2) is 42.0 Å². The quantitative estimate of drug-likeness (QED) is 0.575. The van der Waals surface area contributed by atoms with E-state index >= 15 is 0 Å². The summed E-state index contributed by atoms with van der Waals surface area (Å²) < 4.78 is 5.40. The van der Waals surface area contributed by atoms with Crippen LogP contribution in [0.1, 0.15) is 64.4 Å². The monoisotopic (exact) mass is 403 g/mol. The number of ether oxygens (including phenoxy) is 1. The van der Waals surface area contributed by atoms with E-state index in [0.29, 0.717) is 35.4 Å². The van der Waals surface area contributed by atoms with Gasteiger partial charge in [-0.25, -0.2) is 4.79 Å². The lowest BCUT2D eigenvalue weighted by Crippen LogP contribution is -2.49. The standard InChI is InChI=1S/C21H29N3O5/c1-13-12-21(2,3)23(16-11-17(28-4)15(22)10-14(13)16)9-5-6-20(27)29-24-18(25)7-8-19(24)26/h10-11,13H,5-9,12,22H2,1-4H3. The second-order valence-corrected chi connectivity index (χ2v) is 8.37. The minimum Gasteiger partial charge on any atom is -0.495 e. The molecule has 0 radical (unpaired) electrons. The molecule has 0 aliphatic carbocycles. The van der Waals surface area contributed by atoms with Gasteiger partial charge in [0.05, 0.1) is 12.8 Å². The third-order valence-electron chi connectivity index (χ3n) is 5.70. The van der Waals surface area contributed by atoms with Crippen LogP contribution in [0.4, 0.5) is 11.4 Å². The second-order valence-electron chi connectivity index (χ2n) is 8.37. The molecule has 1 saturated heterocycles. The molecule has 158 valence electrons. The second kappa shape index (κ2) is 7.93. The summed E-state index contributed by atoms with van der Waals surface area (Å²) in [5, 5.41) is 0.595. The van der Waals surface area contributed by atoms with Crippen LogP contribution in [-0.2, 0) is 19.2 Å². The number of nitrogen functional groups attached to an aromatic ring is 1. The molecular weight excluding hydrogens is 374 g/mol. The Morgan fingerprint density at radius 1 is 1.24 bits per heavy atom. The SMILES string of the molecule is COc1cc2c(cc1N)C(C)CC(C)(C)N2CCCC(=O)ON1C(=O)CCC1=O. The lowest BCUT2D eigenvalue weighted by atomic mass is 9.79. The van der Waals surface area contributed by atoms with E-state index in [1.807, 2.05) is 12.1 Å². The number of amides is 2. The van der Waals surface area contributed by atoms with Gasteiger partial charge in [-0.2, -0.15) is 0 Å². The molecule has 1 aromatic rings. The van der Waals surface area contributed by atoms with Gasteiger partial charge in [-0.3, -0.25) is 9.59 Å². The van der Waals surface area contributed by atoms with Crippen molar-refractivity contribution in [1.82, 2.24) is 5.06 Å². The maximum Gasteiger partial charge on any atom is 0.333 e. The largest absolute Gasteiger partial charge is 0.495 e. The van der Waals surface area contributed by atoms with Crippen LogP contribution in [0.5, 0.6) is 5.75 Å². The van der Waals surface area contributed by atoms with Crippen molar-refractivity contribution >= 4 is 29.2 Å². The zero-order valence-corrected chi connectivity index (χ0v) is 17.5. The molecule has 1 unspecified atom stereocenters. The van der Waals surface area contributed by atoms with E-state index in [-0.39, 0.29) is 24.8 Å². The van der Waals surface area contributed by atoms with Crippen molar-refractivity contribution < 1.29 is 24.0 Å². The number of imide groups is 1. The Bertz CT molecular complexity index is 820. The van der Waals surface area contributed by atoms with Crippen LogP contribution in [0.25, 0.3) is 0 Å². The van der Waals surface area contributed by atoms with E-state index in [2.05, 4.69) is 25.7 Å². The molecule has 1 aromatic carbocycles. The molecule has 1 fully saturated rings. The highest BCUT2D eigenvalue weighted by molar-refractivity contribution is 6.01. The summed E-state index contributed by atoms with van der Waals surface area (Å²) in [4.78, 5) is 42.5. The van der Waals surface area contributed by atoms with Crippen LogP contribution < -0.4 is 15.4 Å². The molecule has 8 nitrogen and oxygen atoms in total. The van der Waals surface area contributed by atoms with Gasteiger partial charge in [0.2, 0.25) is 0 Å². The van der Waals surface area contributed by atoms with Gasteiger partial charge in [-0.1, -0.05) is 6.92 Å². The Morgan fingerprint density at radius 3 is 2.52 bits per heavy atom.